The van der Waals surface area contributed by atoms with E-state index in [0.717, 1.165) is 0 Å². The number of carbonyl (C=O) groups is 2. The fraction of sp³-hybridized carbons (Fsp3) is 0.250. The Hall–Kier alpha value is -2.37. The average molecular weight is 248 g/mol. The molecule has 1 aromatic rings. The maximum Gasteiger partial charge on any atom is 0.341 e. The Labute approximate surface area is 103 Å². The number of rotatable bonds is 4. The van der Waals surface area contributed by atoms with E-state index in [2.05, 4.69) is 5.10 Å². The summed E-state index contributed by atoms with van der Waals surface area (Å²) in [6, 6.07) is 6.71. The monoisotopic (exact) mass is 248 g/mol. The first-order valence-electron chi connectivity index (χ1n) is 5.47. The van der Waals surface area contributed by atoms with E-state index in [4.69, 9.17) is 9.84 Å². The maximum atomic E-state index is 11.7. The zero-order chi connectivity index (χ0) is 13.0. The van der Waals surface area contributed by atoms with E-state index < -0.39 is 12.6 Å². The molecule has 0 aliphatic carbocycles. The first-order chi connectivity index (χ1) is 8.68. The van der Waals surface area contributed by atoms with Crippen molar-refractivity contribution in [3.63, 3.8) is 0 Å². The molecule has 1 aliphatic rings. The highest BCUT2D eigenvalue weighted by atomic mass is 16.5. The van der Waals surface area contributed by atoms with Crippen LogP contribution in [0.2, 0.25) is 0 Å². The highest BCUT2D eigenvalue weighted by Gasteiger charge is 2.20. The molecule has 0 saturated heterocycles. The lowest BCUT2D eigenvalue weighted by atomic mass is 10.2. The normalized spacial score (nSPS) is 14.7. The number of carboxylic acid groups (broad SMARTS) is 1. The number of para-hydroxylation sites is 2. The quantitative estimate of drug-likeness (QED) is 0.870. The fourth-order valence-electron chi connectivity index (χ4n) is 1.59. The summed E-state index contributed by atoms with van der Waals surface area (Å²) in [5, 5.41) is 13.8. The zero-order valence-corrected chi connectivity index (χ0v) is 9.57. The molecule has 6 nitrogen and oxygen atoms in total. The third-order valence-corrected chi connectivity index (χ3v) is 2.37. The van der Waals surface area contributed by atoms with Gasteiger partial charge in [-0.1, -0.05) is 12.1 Å². The second-order valence-corrected chi connectivity index (χ2v) is 3.69. The Bertz CT molecular complexity index is 499. The minimum absolute atomic E-state index is 0.135. The van der Waals surface area contributed by atoms with Gasteiger partial charge in [0.25, 0.3) is 0 Å². The van der Waals surface area contributed by atoms with Crippen molar-refractivity contribution in [1.29, 1.82) is 0 Å². The molecule has 1 amide bonds. The molecule has 2 rings (SSSR count). The Kier molecular flexibility index (Phi) is 3.57. The molecule has 0 aromatic heterocycles. The van der Waals surface area contributed by atoms with Crippen LogP contribution in [-0.2, 0) is 9.59 Å². The molecular formula is C12H12N2O4. The van der Waals surface area contributed by atoms with Crippen LogP contribution in [0.15, 0.2) is 29.4 Å². The predicted octanol–water partition coefficient (Wildman–Crippen LogP) is 1.26. The SMILES string of the molecule is O=C(O)COc1ccccc1N1N=CCCC1=O. The van der Waals surface area contributed by atoms with E-state index in [1.165, 1.54) is 5.01 Å². The molecule has 1 aromatic carbocycles. The van der Waals surface area contributed by atoms with E-state index in [-0.39, 0.29) is 5.91 Å². The maximum absolute atomic E-state index is 11.7. The summed E-state index contributed by atoms with van der Waals surface area (Å²) in [5.41, 5.74) is 0.458. The van der Waals surface area contributed by atoms with Gasteiger partial charge in [-0.05, 0) is 18.6 Å². The fourth-order valence-corrected chi connectivity index (χ4v) is 1.59. The summed E-state index contributed by atoms with van der Waals surface area (Å²) in [6.45, 7) is -0.456. The van der Waals surface area contributed by atoms with Gasteiger partial charge in [0.15, 0.2) is 6.61 Å². The number of aliphatic carboxylic acids is 1. The van der Waals surface area contributed by atoms with E-state index in [9.17, 15) is 9.59 Å². The first kappa shape index (κ1) is 12.1. The molecule has 0 bridgehead atoms. The number of anilines is 1. The van der Waals surface area contributed by atoms with Crippen LogP contribution < -0.4 is 9.75 Å². The molecule has 18 heavy (non-hydrogen) atoms. The molecule has 94 valence electrons. The van der Waals surface area contributed by atoms with Crippen LogP contribution >= 0.6 is 0 Å². The molecule has 0 atom stereocenters. The van der Waals surface area contributed by atoms with Crippen LogP contribution in [0.5, 0.6) is 5.75 Å². The predicted molar refractivity (Wildman–Crippen MR) is 64.8 cm³/mol. The summed E-state index contributed by atoms with van der Waals surface area (Å²) in [6.07, 6.45) is 2.65. The minimum atomic E-state index is -1.07. The van der Waals surface area contributed by atoms with Gasteiger partial charge in [-0.3, -0.25) is 4.79 Å². The topological polar surface area (TPSA) is 79.2 Å². The molecule has 1 N–H and O–H groups in total. The Morgan fingerprint density at radius 2 is 2.22 bits per heavy atom. The lowest BCUT2D eigenvalue weighted by Crippen LogP contribution is -2.29. The van der Waals surface area contributed by atoms with Crippen molar-refractivity contribution < 1.29 is 19.4 Å². The summed E-state index contributed by atoms with van der Waals surface area (Å²) in [7, 11) is 0. The number of carbonyl (C=O) groups excluding carboxylic acids is 1. The average Bonchev–Trinajstić information content (AvgIpc) is 2.37. The van der Waals surface area contributed by atoms with Crippen molar-refractivity contribution >= 4 is 23.8 Å². The molecule has 6 heteroatoms. The highest BCUT2D eigenvalue weighted by molar-refractivity contribution is 5.98. The number of hydrogen-bond donors (Lipinski definition) is 1. The smallest absolute Gasteiger partial charge is 0.341 e. The molecule has 0 unspecified atom stereocenters. The third kappa shape index (κ3) is 2.65. The second kappa shape index (κ2) is 5.31. The standard InChI is InChI=1S/C12H12N2O4/c15-11-6-3-7-13-14(11)9-4-1-2-5-10(9)18-8-12(16)17/h1-2,4-5,7H,3,6,8H2,(H,16,17). The highest BCUT2D eigenvalue weighted by Crippen LogP contribution is 2.29. The van der Waals surface area contributed by atoms with Crippen molar-refractivity contribution in [2.45, 2.75) is 12.8 Å². The van der Waals surface area contributed by atoms with Gasteiger partial charge in [0.05, 0.1) is 0 Å². The van der Waals surface area contributed by atoms with Crippen molar-refractivity contribution in [3.05, 3.63) is 24.3 Å². The number of benzene rings is 1. The van der Waals surface area contributed by atoms with Gasteiger partial charge < -0.3 is 9.84 Å². The minimum Gasteiger partial charge on any atom is -0.480 e. The van der Waals surface area contributed by atoms with Crippen molar-refractivity contribution in [1.82, 2.24) is 0 Å². The summed E-state index contributed by atoms with van der Waals surface area (Å²) in [5.74, 6) is -0.880. The van der Waals surface area contributed by atoms with Gasteiger partial charge in [0, 0.05) is 12.6 Å². The number of carboxylic acids is 1. The zero-order valence-electron chi connectivity index (χ0n) is 9.57. The van der Waals surface area contributed by atoms with Gasteiger partial charge in [-0.2, -0.15) is 10.1 Å². The number of ether oxygens (including phenoxy) is 1. The van der Waals surface area contributed by atoms with E-state index >= 15 is 0 Å². The van der Waals surface area contributed by atoms with Crippen LogP contribution in [0.4, 0.5) is 5.69 Å². The van der Waals surface area contributed by atoms with E-state index in [0.29, 0.717) is 24.3 Å². The van der Waals surface area contributed by atoms with Gasteiger partial charge in [-0.15, -0.1) is 0 Å². The number of hydrogen-bond acceptors (Lipinski definition) is 4. The van der Waals surface area contributed by atoms with Gasteiger partial charge >= 0.3 is 5.97 Å². The number of amides is 1. The molecule has 0 spiro atoms. The van der Waals surface area contributed by atoms with Gasteiger partial charge in [0.2, 0.25) is 5.91 Å². The number of hydrazone groups is 1. The lowest BCUT2D eigenvalue weighted by Gasteiger charge is -2.22. The third-order valence-electron chi connectivity index (χ3n) is 2.37. The van der Waals surface area contributed by atoms with Crippen LogP contribution in [0, 0.1) is 0 Å². The van der Waals surface area contributed by atoms with Crippen LogP contribution in [0.25, 0.3) is 0 Å². The lowest BCUT2D eigenvalue weighted by molar-refractivity contribution is -0.139. The Morgan fingerprint density at radius 1 is 1.44 bits per heavy atom. The molecule has 1 heterocycles. The molecule has 1 aliphatic heterocycles. The molecule has 0 saturated carbocycles. The van der Waals surface area contributed by atoms with Crippen LogP contribution in [-0.4, -0.2) is 29.8 Å². The first-order valence-corrected chi connectivity index (χ1v) is 5.47. The van der Waals surface area contributed by atoms with Crippen molar-refractivity contribution in [3.8, 4) is 5.75 Å². The van der Waals surface area contributed by atoms with Crippen LogP contribution in [0.1, 0.15) is 12.8 Å². The molecular weight excluding hydrogens is 236 g/mol. The Balaban J connectivity index is 2.26. The van der Waals surface area contributed by atoms with Gasteiger partial charge in [-0.25, -0.2) is 4.79 Å². The molecule has 0 fully saturated rings. The summed E-state index contributed by atoms with van der Waals surface area (Å²) < 4.78 is 5.13. The van der Waals surface area contributed by atoms with Crippen molar-refractivity contribution in [2.75, 3.05) is 11.6 Å². The van der Waals surface area contributed by atoms with Crippen molar-refractivity contribution in [2.24, 2.45) is 5.10 Å². The molecule has 0 radical (unpaired) electrons. The van der Waals surface area contributed by atoms with Crippen LogP contribution in [0.3, 0.4) is 0 Å². The largest absolute Gasteiger partial charge is 0.480 e. The number of nitrogens with zero attached hydrogens (tertiary/aromatic N) is 2. The summed E-state index contributed by atoms with van der Waals surface area (Å²) in [4.78, 5) is 22.2. The van der Waals surface area contributed by atoms with E-state index in [1.54, 1.807) is 30.5 Å². The summed E-state index contributed by atoms with van der Waals surface area (Å²) >= 11 is 0. The Morgan fingerprint density at radius 3 is 2.94 bits per heavy atom. The van der Waals surface area contributed by atoms with E-state index in [1.807, 2.05) is 0 Å². The second-order valence-electron chi connectivity index (χ2n) is 3.69. The van der Waals surface area contributed by atoms with Gasteiger partial charge in [0.1, 0.15) is 11.4 Å².